The van der Waals surface area contributed by atoms with Crippen LogP contribution in [-0.2, 0) is 47.9 Å². The van der Waals surface area contributed by atoms with Gasteiger partial charge in [-0.25, -0.2) is 0 Å². The monoisotopic (exact) mass is 985 g/mol. The van der Waals surface area contributed by atoms with E-state index >= 15 is 0 Å². The first-order valence-corrected chi connectivity index (χ1v) is 19.7. The lowest BCUT2D eigenvalue weighted by Gasteiger charge is -2.11. The third-order valence-corrected chi connectivity index (χ3v) is 7.64. The molecule has 11 atom stereocenters. The van der Waals surface area contributed by atoms with Crippen LogP contribution in [-0.4, -0.2) is 171 Å². The third-order valence-electron chi connectivity index (χ3n) is 7.64. The molecule has 0 radical (unpaired) electrons. The van der Waals surface area contributed by atoms with E-state index in [1.165, 1.54) is 13.8 Å². The molecule has 398 valence electrons. The largest absolute Gasteiger partial charge is 0.480 e. The highest BCUT2D eigenvalue weighted by Crippen LogP contribution is 2.04. The summed E-state index contributed by atoms with van der Waals surface area (Å²) in [4.78, 5) is 99.7. The lowest BCUT2D eigenvalue weighted by molar-refractivity contribution is -0.141. The Morgan fingerprint density at radius 1 is 0.343 bits per heavy atom. The van der Waals surface area contributed by atoms with Gasteiger partial charge in [0, 0.05) is 0 Å². The number of carbonyl (C=O) groups is 10. The van der Waals surface area contributed by atoms with E-state index in [0.29, 0.717) is 0 Å². The number of aliphatic carboxylic acids is 8. The Balaban J connectivity index is -0.0000000990. The first-order chi connectivity index (χ1) is 29.9. The molecule has 67 heavy (non-hydrogen) atoms. The lowest BCUT2D eigenvalue weighted by atomic mass is 10.0. The summed E-state index contributed by atoms with van der Waals surface area (Å²) in [6.07, 6.45) is -1.77. The normalized spacial score (nSPS) is 14.8. The van der Waals surface area contributed by atoms with Crippen molar-refractivity contribution in [2.75, 3.05) is 0 Å². The number of aliphatic hydroxyl groups excluding tert-OH is 2. The Hall–Kier alpha value is -5.70. The topological polar surface area (TPSA) is 633 Å². The summed E-state index contributed by atoms with van der Waals surface area (Å²) in [5, 5.41) is 82.3. The second kappa shape index (κ2) is 44.2. The van der Waals surface area contributed by atoms with Crippen molar-refractivity contribution in [3.63, 3.8) is 0 Å². The summed E-state index contributed by atoms with van der Waals surface area (Å²) in [5.74, 6) is -9.77. The van der Waals surface area contributed by atoms with E-state index < -0.39 is 120 Å². The Bertz CT molecular complexity index is 1280. The highest BCUT2D eigenvalue weighted by Gasteiger charge is 2.19. The number of hydrogen-bond donors (Lipinski definition) is 20. The molecule has 0 bridgehead atoms. The molecule has 0 rings (SSSR count). The summed E-state index contributed by atoms with van der Waals surface area (Å²) in [7, 11) is 0. The predicted octanol–water partition coefficient (Wildman–Crippen LogP) is -5.29. The zero-order valence-electron chi connectivity index (χ0n) is 39.5. The minimum absolute atomic E-state index is 0.0208. The van der Waals surface area contributed by atoms with Crippen molar-refractivity contribution in [3.05, 3.63) is 0 Å². The average Bonchev–Trinajstić information content (AvgIpc) is 3.19. The second-order valence-electron chi connectivity index (χ2n) is 15.0. The Labute approximate surface area is 388 Å². The van der Waals surface area contributed by atoms with Crippen LogP contribution in [0.5, 0.6) is 0 Å². The molecular weight excluding hydrogens is 904 g/mol. The van der Waals surface area contributed by atoms with Gasteiger partial charge in [0.15, 0.2) is 0 Å². The molecule has 11 unspecified atom stereocenters. The molecule has 30 heteroatoms. The van der Waals surface area contributed by atoms with Gasteiger partial charge in [-0.1, -0.05) is 61.8 Å². The van der Waals surface area contributed by atoms with Crippen LogP contribution in [0.2, 0.25) is 0 Å². The van der Waals surface area contributed by atoms with Crippen molar-refractivity contribution in [2.24, 2.45) is 81.0 Å². The number of carboxylic acids is 8. The van der Waals surface area contributed by atoms with Crippen molar-refractivity contribution in [1.82, 2.24) is 0 Å². The van der Waals surface area contributed by atoms with Crippen LogP contribution in [0.1, 0.15) is 88.5 Å². The molecule has 0 aliphatic heterocycles. The fourth-order valence-corrected chi connectivity index (χ4v) is 2.37. The molecule has 0 aliphatic rings. The second-order valence-corrected chi connectivity index (χ2v) is 15.0. The van der Waals surface area contributed by atoms with Crippen molar-refractivity contribution >= 4 is 59.6 Å². The standard InChI is InChI=1S/C6H13NO2.3C5H11NO2.2C4H8N2O3.2C4H9NO3/c1-3-4(2)5(7)6(8)9;3*1-3(2)4(6)5(7)8;2*5-2(4(8)9)1-3(6)7;2*1-2(6)3(5)4(7)8/h4-5H,3,7H2,1-2H3,(H,8,9);3*3-4H,6H2,1-2H3,(H,7,8);2*2H,1,5H2,(H2,6,7)(H,8,9);2*2-3,6H,5H2,1H3,(H,7,8). The van der Waals surface area contributed by atoms with E-state index in [1.54, 1.807) is 41.5 Å². The Morgan fingerprint density at radius 2 is 0.522 bits per heavy atom. The van der Waals surface area contributed by atoms with Gasteiger partial charge in [-0.2, -0.15) is 0 Å². The number of amides is 2. The minimum Gasteiger partial charge on any atom is -0.480 e. The van der Waals surface area contributed by atoms with Gasteiger partial charge < -0.3 is 108 Å². The van der Waals surface area contributed by atoms with Gasteiger partial charge in [-0.3, -0.25) is 47.9 Å². The van der Waals surface area contributed by atoms with Crippen molar-refractivity contribution < 1.29 is 99.0 Å². The third kappa shape index (κ3) is 56.4. The van der Waals surface area contributed by atoms with Gasteiger partial charge in [-0.15, -0.1) is 0 Å². The number of primary amides is 2. The highest BCUT2D eigenvalue weighted by molar-refractivity contribution is 5.83. The molecule has 0 aromatic carbocycles. The summed E-state index contributed by atoms with van der Waals surface area (Å²) in [5.41, 5.74) is 49.7. The van der Waals surface area contributed by atoms with Crippen LogP contribution < -0.4 is 57.3 Å². The summed E-state index contributed by atoms with van der Waals surface area (Å²) < 4.78 is 0. The van der Waals surface area contributed by atoms with Gasteiger partial charge in [0.2, 0.25) is 11.8 Å². The molecule has 0 saturated heterocycles. The molecule has 30 N–H and O–H groups in total. The van der Waals surface area contributed by atoms with E-state index in [2.05, 4.69) is 11.5 Å². The number of rotatable bonds is 19. The molecule has 0 saturated carbocycles. The van der Waals surface area contributed by atoms with E-state index in [9.17, 15) is 47.9 Å². The van der Waals surface area contributed by atoms with Crippen LogP contribution >= 0.6 is 0 Å². The van der Waals surface area contributed by atoms with Gasteiger partial charge >= 0.3 is 47.8 Å². The van der Waals surface area contributed by atoms with Crippen LogP contribution in [0.3, 0.4) is 0 Å². The molecule has 0 aromatic heterocycles. The van der Waals surface area contributed by atoms with Gasteiger partial charge in [0.05, 0.1) is 25.0 Å². The first-order valence-electron chi connectivity index (χ1n) is 19.7. The van der Waals surface area contributed by atoms with Gasteiger partial charge in [0.1, 0.15) is 48.3 Å². The smallest absolute Gasteiger partial charge is 0.323 e. The quantitative estimate of drug-likeness (QED) is 0.0575. The van der Waals surface area contributed by atoms with E-state index in [-0.39, 0.29) is 36.5 Å². The van der Waals surface area contributed by atoms with Crippen LogP contribution in [0.15, 0.2) is 0 Å². The SMILES string of the molecule is CC(C)C(N)C(=O)O.CC(C)C(N)C(=O)O.CC(C)C(N)C(=O)O.CC(O)C(N)C(=O)O.CC(O)C(N)C(=O)O.CCC(C)C(N)C(=O)O.NC(=O)CC(N)C(=O)O.NC(=O)CC(N)C(=O)O. The minimum atomic E-state index is -1.21. The number of hydrogen-bond acceptors (Lipinski definition) is 20. The molecule has 0 fully saturated rings. The van der Waals surface area contributed by atoms with E-state index in [0.717, 1.165) is 6.42 Å². The molecule has 0 heterocycles. The van der Waals surface area contributed by atoms with Crippen molar-refractivity contribution in [1.29, 1.82) is 0 Å². The van der Waals surface area contributed by atoms with E-state index in [4.69, 9.17) is 96.9 Å². The lowest BCUT2D eigenvalue weighted by Crippen LogP contribution is -2.39. The number of nitrogens with two attached hydrogens (primary N) is 10. The first kappa shape index (κ1) is 78.5. The summed E-state index contributed by atoms with van der Waals surface area (Å²) in [6, 6.07) is -7.48. The number of aliphatic hydroxyl groups is 2. The maximum Gasteiger partial charge on any atom is 0.323 e. The van der Waals surface area contributed by atoms with Crippen LogP contribution in [0, 0.1) is 23.7 Å². The predicted molar refractivity (Wildman–Crippen MR) is 240 cm³/mol. The summed E-state index contributed by atoms with van der Waals surface area (Å²) in [6.45, 7) is 17.1. The molecule has 30 nitrogen and oxygen atoms in total. The van der Waals surface area contributed by atoms with Crippen LogP contribution in [0.4, 0.5) is 0 Å². The Kier molecular flexibility index (Phi) is 51.7. The van der Waals surface area contributed by atoms with Crippen LogP contribution in [0.25, 0.3) is 0 Å². The van der Waals surface area contributed by atoms with Crippen molar-refractivity contribution in [2.45, 2.75) is 149 Å². The average molecular weight is 985 g/mol. The van der Waals surface area contributed by atoms with E-state index in [1.807, 2.05) is 13.8 Å². The fourth-order valence-electron chi connectivity index (χ4n) is 2.37. The molecule has 0 spiro atoms. The van der Waals surface area contributed by atoms with Gasteiger partial charge in [-0.05, 0) is 37.5 Å². The zero-order valence-corrected chi connectivity index (χ0v) is 39.5. The molecular formula is C37H80N10O20. The van der Waals surface area contributed by atoms with Gasteiger partial charge in [0.25, 0.3) is 0 Å². The maximum atomic E-state index is 10.2. The Morgan fingerprint density at radius 3 is 0.552 bits per heavy atom. The zero-order chi connectivity index (χ0) is 56.0. The molecule has 0 aromatic rings. The fraction of sp³-hybridized carbons (Fsp3) is 0.730. The van der Waals surface area contributed by atoms with Crippen molar-refractivity contribution in [3.8, 4) is 0 Å². The number of carbonyl (C=O) groups excluding carboxylic acids is 2. The highest BCUT2D eigenvalue weighted by atomic mass is 16.4. The summed E-state index contributed by atoms with van der Waals surface area (Å²) >= 11 is 0. The molecule has 2 amide bonds. The molecule has 0 aliphatic carbocycles. The maximum absolute atomic E-state index is 10.2. The number of carboxylic acid groups (broad SMARTS) is 8.